The first kappa shape index (κ1) is 13.7. The van der Waals surface area contributed by atoms with E-state index in [4.69, 9.17) is 4.74 Å². The predicted molar refractivity (Wildman–Crippen MR) is 66.5 cm³/mol. The number of Topliss-reactive ketones (excluding diaryl/α,β-unsaturated/α-hetero) is 1. The lowest BCUT2D eigenvalue weighted by molar-refractivity contribution is -0.154. The minimum atomic E-state index is -0.496. The molecule has 0 aromatic heterocycles. The minimum absolute atomic E-state index is 0.275. The number of methoxy groups -OCH3 is 1. The Morgan fingerprint density at radius 1 is 1.31 bits per heavy atom. The summed E-state index contributed by atoms with van der Waals surface area (Å²) < 4.78 is 5.61. The van der Waals surface area contributed by atoms with Gasteiger partial charge < -0.3 is 4.74 Å². The first-order valence-electron chi connectivity index (χ1n) is 6.46. The van der Waals surface area contributed by atoms with Crippen molar-refractivity contribution in [2.75, 3.05) is 7.11 Å². The van der Waals surface area contributed by atoms with Gasteiger partial charge in [-0.1, -0.05) is 34.1 Å². The van der Waals surface area contributed by atoms with E-state index in [9.17, 15) is 4.79 Å². The number of ketones is 1. The molecule has 2 heteroatoms. The molecule has 0 heterocycles. The summed E-state index contributed by atoms with van der Waals surface area (Å²) in [5, 5.41) is 0. The number of rotatable bonds is 3. The molecular weight excluding hydrogens is 200 g/mol. The maximum Gasteiger partial charge on any atom is 0.169 e. The molecule has 0 bridgehead atoms. The van der Waals surface area contributed by atoms with Crippen LogP contribution in [-0.2, 0) is 9.53 Å². The molecule has 0 aromatic carbocycles. The lowest BCUT2D eigenvalue weighted by Crippen LogP contribution is -2.49. The molecule has 1 fully saturated rings. The van der Waals surface area contributed by atoms with Crippen LogP contribution in [0.4, 0.5) is 0 Å². The first-order valence-corrected chi connectivity index (χ1v) is 6.46. The normalized spacial score (nSPS) is 31.4. The molecule has 1 rings (SSSR count). The quantitative estimate of drug-likeness (QED) is 0.735. The zero-order valence-electron chi connectivity index (χ0n) is 11.4. The highest BCUT2D eigenvalue weighted by atomic mass is 16.5. The van der Waals surface area contributed by atoms with Crippen LogP contribution in [-0.4, -0.2) is 18.5 Å². The van der Waals surface area contributed by atoms with E-state index in [1.165, 1.54) is 6.42 Å². The molecule has 2 nitrogen and oxygen atoms in total. The fourth-order valence-corrected chi connectivity index (χ4v) is 2.76. The molecule has 0 saturated heterocycles. The van der Waals surface area contributed by atoms with Gasteiger partial charge in [-0.05, 0) is 31.6 Å². The van der Waals surface area contributed by atoms with Crippen LogP contribution in [0, 0.1) is 11.3 Å². The lowest BCUT2D eigenvalue weighted by atomic mass is 9.70. The Balaban J connectivity index is 2.77. The van der Waals surface area contributed by atoms with Gasteiger partial charge in [0, 0.05) is 12.5 Å². The van der Waals surface area contributed by atoms with Crippen LogP contribution in [0.2, 0.25) is 0 Å². The number of hydrogen-bond donors (Lipinski definition) is 0. The largest absolute Gasteiger partial charge is 0.370 e. The van der Waals surface area contributed by atoms with E-state index < -0.39 is 5.60 Å². The average molecular weight is 226 g/mol. The van der Waals surface area contributed by atoms with Gasteiger partial charge in [-0.3, -0.25) is 4.79 Å². The summed E-state index contributed by atoms with van der Waals surface area (Å²) in [5.41, 5.74) is -0.793. The van der Waals surface area contributed by atoms with Crippen molar-refractivity contribution in [3.05, 3.63) is 0 Å². The Morgan fingerprint density at radius 3 is 2.12 bits per heavy atom. The number of carbonyl (C=O) groups excluding carboxylic acids is 1. The molecule has 0 aromatic rings. The van der Waals surface area contributed by atoms with Crippen LogP contribution in [0.5, 0.6) is 0 Å². The maximum atomic E-state index is 12.4. The topological polar surface area (TPSA) is 26.3 Å². The summed E-state index contributed by atoms with van der Waals surface area (Å²) in [7, 11) is 1.69. The Kier molecular flexibility index (Phi) is 4.17. The molecule has 0 N–H and O–H groups in total. The summed E-state index contributed by atoms with van der Waals surface area (Å²) in [5.74, 6) is 1.06. The van der Waals surface area contributed by atoms with Crippen LogP contribution < -0.4 is 0 Å². The van der Waals surface area contributed by atoms with Crippen LogP contribution >= 0.6 is 0 Å². The van der Waals surface area contributed by atoms with E-state index in [1.807, 2.05) is 20.8 Å². The smallest absolute Gasteiger partial charge is 0.169 e. The van der Waals surface area contributed by atoms with E-state index in [0.29, 0.717) is 0 Å². The van der Waals surface area contributed by atoms with E-state index >= 15 is 0 Å². The van der Waals surface area contributed by atoms with Crippen molar-refractivity contribution in [2.45, 2.75) is 65.4 Å². The summed E-state index contributed by atoms with van der Waals surface area (Å²) in [6.45, 7) is 8.20. The van der Waals surface area contributed by atoms with E-state index in [2.05, 4.69) is 6.92 Å². The third-order valence-electron chi connectivity index (χ3n) is 3.98. The maximum absolute atomic E-state index is 12.4. The van der Waals surface area contributed by atoms with Gasteiger partial charge in [0.05, 0.1) is 0 Å². The van der Waals surface area contributed by atoms with Crippen molar-refractivity contribution in [1.82, 2.24) is 0 Å². The SMILES string of the molecule is CC[C@H]1CC[C@](OC)(C(=O)C(C)(C)C)CC1. The molecule has 1 aliphatic carbocycles. The molecule has 0 atom stereocenters. The highest BCUT2D eigenvalue weighted by Gasteiger charge is 2.45. The van der Waals surface area contributed by atoms with Crippen molar-refractivity contribution in [3.63, 3.8) is 0 Å². The molecular formula is C14H26O2. The zero-order chi connectivity index (χ0) is 12.4. The molecule has 0 unspecified atom stereocenters. The molecule has 1 aliphatic rings. The number of ether oxygens (including phenoxy) is 1. The molecule has 94 valence electrons. The van der Waals surface area contributed by atoms with Crippen molar-refractivity contribution < 1.29 is 9.53 Å². The monoisotopic (exact) mass is 226 g/mol. The lowest BCUT2D eigenvalue weighted by Gasteiger charge is -2.41. The Morgan fingerprint density at radius 2 is 1.81 bits per heavy atom. The van der Waals surface area contributed by atoms with Crippen molar-refractivity contribution >= 4 is 5.78 Å². The molecule has 0 aliphatic heterocycles. The van der Waals surface area contributed by atoms with Gasteiger partial charge in [0.1, 0.15) is 5.60 Å². The van der Waals surface area contributed by atoms with E-state index in [1.54, 1.807) is 7.11 Å². The zero-order valence-corrected chi connectivity index (χ0v) is 11.4. The van der Waals surface area contributed by atoms with Gasteiger partial charge in [-0.25, -0.2) is 0 Å². The van der Waals surface area contributed by atoms with Gasteiger partial charge in [0.2, 0.25) is 0 Å². The van der Waals surface area contributed by atoms with Gasteiger partial charge in [0.25, 0.3) is 0 Å². The van der Waals surface area contributed by atoms with E-state index in [0.717, 1.165) is 31.6 Å². The fraction of sp³-hybridized carbons (Fsp3) is 0.929. The van der Waals surface area contributed by atoms with Crippen LogP contribution in [0.1, 0.15) is 59.8 Å². The standard InChI is InChI=1S/C14H26O2/c1-6-11-7-9-14(16-5,10-8-11)12(15)13(2,3)4/h11H,6-10H2,1-5H3/t11-,14+. The second kappa shape index (κ2) is 4.87. The highest BCUT2D eigenvalue weighted by molar-refractivity contribution is 5.91. The van der Waals surface area contributed by atoms with Crippen molar-refractivity contribution in [2.24, 2.45) is 11.3 Å². The third kappa shape index (κ3) is 2.65. The van der Waals surface area contributed by atoms with Crippen LogP contribution in [0.25, 0.3) is 0 Å². The third-order valence-corrected chi connectivity index (χ3v) is 3.98. The second-order valence-corrected chi connectivity index (χ2v) is 6.13. The number of carbonyl (C=O) groups is 1. The Labute approximate surface area is 99.8 Å². The fourth-order valence-electron chi connectivity index (χ4n) is 2.76. The molecule has 0 radical (unpaired) electrons. The highest BCUT2D eigenvalue weighted by Crippen LogP contribution is 2.40. The van der Waals surface area contributed by atoms with Gasteiger partial charge in [-0.15, -0.1) is 0 Å². The molecule has 0 spiro atoms. The van der Waals surface area contributed by atoms with Crippen LogP contribution in [0.15, 0.2) is 0 Å². The average Bonchev–Trinajstić information content (AvgIpc) is 2.27. The van der Waals surface area contributed by atoms with Gasteiger partial charge in [0.15, 0.2) is 5.78 Å². The minimum Gasteiger partial charge on any atom is -0.370 e. The van der Waals surface area contributed by atoms with Gasteiger partial charge in [-0.2, -0.15) is 0 Å². The summed E-state index contributed by atoms with van der Waals surface area (Å²) in [6, 6.07) is 0. The molecule has 16 heavy (non-hydrogen) atoms. The summed E-state index contributed by atoms with van der Waals surface area (Å²) >= 11 is 0. The number of hydrogen-bond acceptors (Lipinski definition) is 2. The van der Waals surface area contributed by atoms with Crippen molar-refractivity contribution in [3.8, 4) is 0 Å². The Hall–Kier alpha value is -0.370. The first-order chi connectivity index (χ1) is 7.35. The Bertz CT molecular complexity index is 242. The van der Waals surface area contributed by atoms with Crippen LogP contribution in [0.3, 0.4) is 0 Å². The summed E-state index contributed by atoms with van der Waals surface area (Å²) in [4.78, 5) is 12.4. The molecule has 0 amide bonds. The molecule has 1 saturated carbocycles. The predicted octanol–water partition coefficient (Wildman–Crippen LogP) is 3.59. The van der Waals surface area contributed by atoms with Gasteiger partial charge >= 0.3 is 0 Å². The van der Waals surface area contributed by atoms with E-state index in [-0.39, 0.29) is 11.2 Å². The summed E-state index contributed by atoms with van der Waals surface area (Å²) in [6.07, 6.45) is 5.29. The van der Waals surface area contributed by atoms with Crippen molar-refractivity contribution in [1.29, 1.82) is 0 Å². The second-order valence-electron chi connectivity index (χ2n) is 6.13.